The molecule has 0 aliphatic heterocycles. The number of carbonyl (C=O) groups is 2. The van der Waals surface area contributed by atoms with Crippen LogP contribution in [0.1, 0.15) is 36.8 Å². The van der Waals surface area contributed by atoms with Crippen LogP contribution in [0.25, 0.3) is 0 Å². The summed E-state index contributed by atoms with van der Waals surface area (Å²) in [4.78, 5) is 25.3. The smallest absolute Gasteiger partial charge is 0.227 e. The van der Waals surface area contributed by atoms with Crippen molar-refractivity contribution in [3.05, 3.63) is 59.7 Å². The Labute approximate surface area is 155 Å². The van der Waals surface area contributed by atoms with E-state index in [1.54, 1.807) is 0 Å². The molecule has 0 heterocycles. The molecule has 1 aliphatic rings. The zero-order valence-electron chi connectivity index (χ0n) is 15.4. The van der Waals surface area contributed by atoms with Crippen molar-refractivity contribution < 1.29 is 9.59 Å². The lowest BCUT2D eigenvalue weighted by atomic mass is 9.80. The first kappa shape index (κ1) is 18.2. The van der Waals surface area contributed by atoms with E-state index in [-0.39, 0.29) is 23.7 Å². The largest absolute Gasteiger partial charge is 0.326 e. The summed E-state index contributed by atoms with van der Waals surface area (Å²) < 4.78 is 0. The molecule has 2 unspecified atom stereocenters. The number of hydrogen-bond acceptors (Lipinski definition) is 2. The van der Waals surface area contributed by atoms with Crippen molar-refractivity contribution in [2.45, 2.75) is 39.5 Å². The summed E-state index contributed by atoms with van der Waals surface area (Å²) in [6.07, 6.45) is 3.19. The van der Waals surface area contributed by atoms with Gasteiger partial charge in [0, 0.05) is 23.2 Å². The van der Waals surface area contributed by atoms with Gasteiger partial charge in [0.25, 0.3) is 0 Å². The molecule has 136 valence electrons. The second-order valence-electron chi connectivity index (χ2n) is 7.17. The quantitative estimate of drug-likeness (QED) is 0.840. The molecule has 0 saturated heterocycles. The highest BCUT2D eigenvalue weighted by Gasteiger charge is 2.31. The normalized spacial score (nSPS) is 19.6. The summed E-state index contributed by atoms with van der Waals surface area (Å²) in [5.74, 6) is -0.188. The van der Waals surface area contributed by atoms with Gasteiger partial charge in [-0.25, -0.2) is 0 Å². The van der Waals surface area contributed by atoms with Gasteiger partial charge in [0.05, 0.1) is 0 Å². The second-order valence-corrected chi connectivity index (χ2v) is 7.17. The third-order valence-electron chi connectivity index (χ3n) is 5.22. The van der Waals surface area contributed by atoms with E-state index in [1.165, 1.54) is 0 Å². The molecule has 0 radical (unpaired) electrons. The Morgan fingerprint density at radius 2 is 1.19 bits per heavy atom. The maximum absolute atomic E-state index is 12.7. The number of anilines is 2. The van der Waals surface area contributed by atoms with Gasteiger partial charge in [0.2, 0.25) is 11.8 Å². The molecule has 0 aromatic heterocycles. The number of benzene rings is 2. The summed E-state index contributed by atoms with van der Waals surface area (Å²) in [6.45, 7) is 3.96. The van der Waals surface area contributed by atoms with E-state index in [4.69, 9.17) is 0 Å². The predicted octanol–water partition coefficient (Wildman–Crippen LogP) is 4.69. The zero-order valence-corrected chi connectivity index (χ0v) is 15.4. The molecule has 0 bridgehead atoms. The average molecular weight is 350 g/mol. The highest BCUT2D eigenvalue weighted by molar-refractivity contribution is 5.96. The number of hydrogen-bond donors (Lipinski definition) is 2. The Morgan fingerprint density at radius 1 is 0.769 bits per heavy atom. The van der Waals surface area contributed by atoms with Gasteiger partial charge < -0.3 is 10.6 Å². The highest BCUT2D eigenvalue weighted by atomic mass is 16.2. The van der Waals surface area contributed by atoms with Crippen LogP contribution < -0.4 is 10.6 Å². The number of aryl methyl sites for hydroxylation is 2. The number of rotatable bonds is 4. The van der Waals surface area contributed by atoms with Gasteiger partial charge in [0.1, 0.15) is 0 Å². The predicted molar refractivity (Wildman–Crippen MR) is 105 cm³/mol. The van der Waals surface area contributed by atoms with Crippen molar-refractivity contribution in [1.29, 1.82) is 0 Å². The van der Waals surface area contributed by atoms with Crippen LogP contribution in [0, 0.1) is 25.7 Å². The fourth-order valence-electron chi connectivity index (χ4n) is 3.56. The van der Waals surface area contributed by atoms with Crippen LogP contribution in [-0.4, -0.2) is 11.8 Å². The van der Waals surface area contributed by atoms with Crippen molar-refractivity contribution in [3.63, 3.8) is 0 Å². The minimum Gasteiger partial charge on any atom is -0.326 e. The summed E-state index contributed by atoms with van der Waals surface area (Å²) in [5, 5.41) is 6.06. The molecule has 26 heavy (non-hydrogen) atoms. The fourth-order valence-corrected chi connectivity index (χ4v) is 3.56. The van der Waals surface area contributed by atoms with Crippen molar-refractivity contribution in [1.82, 2.24) is 0 Å². The molecule has 2 aromatic carbocycles. The highest BCUT2D eigenvalue weighted by Crippen LogP contribution is 2.31. The van der Waals surface area contributed by atoms with Gasteiger partial charge in [-0.3, -0.25) is 9.59 Å². The van der Waals surface area contributed by atoms with Crippen molar-refractivity contribution >= 4 is 23.2 Å². The number of para-hydroxylation sites is 2. The first-order chi connectivity index (χ1) is 12.5. The summed E-state index contributed by atoms with van der Waals surface area (Å²) in [7, 11) is 0. The lowest BCUT2D eigenvalue weighted by Crippen LogP contribution is -2.33. The molecule has 0 spiro atoms. The van der Waals surface area contributed by atoms with Crippen LogP contribution in [0.5, 0.6) is 0 Å². The minimum atomic E-state index is -0.115. The van der Waals surface area contributed by atoms with E-state index >= 15 is 0 Å². The number of carbonyl (C=O) groups excluding carboxylic acids is 2. The second kappa shape index (κ2) is 8.17. The van der Waals surface area contributed by atoms with Gasteiger partial charge in [-0.2, -0.15) is 0 Å². The van der Waals surface area contributed by atoms with Gasteiger partial charge in [0.15, 0.2) is 0 Å². The molecule has 1 saturated carbocycles. The lowest BCUT2D eigenvalue weighted by Gasteiger charge is -2.28. The van der Waals surface area contributed by atoms with Gasteiger partial charge in [-0.1, -0.05) is 42.8 Å². The average Bonchev–Trinajstić information content (AvgIpc) is 2.65. The Kier molecular flexibility index (Phi) is 5.71. The summed E-state index contributed by atoms with van der Waals surface area (Å²) in [5.41, 5.74) is 3.80. The maximum atomic E-state index is 12.7. The first-order valence-corrected chi connectivity index (χ1v) is 9.27. The fraction of sp³-hybridized carbons (Fsp3) is 0.364. The summed E-state index contributed by atoms with van der Waals surface area (Å²) >= 11 is 0. The van der Waals surface area contributed by atoms with Crippen LogP contribution in [0.2, 0.25) is 0 Å². The lowest BCUT2D eigenvalue weighted by molar-refractivity contribution is -0.124. The molecular formula is C22H26N2O2. The van der Waals surface area contributed by atoms with E-state index in [1.807, 2.05) is 62.4 Å². The molecule has 1 aliphatic carbocycles. The summed E-state index contributed by atoms with van der Waals surface area (Å²) in [6, 6.07) is 15.5. The van der Waals surface area contributed by atoms with E-state index in [9.17, 15) is 9.59 Å². The van der Waals surface area contributed by atoms with Crippen LogP contribution in [0.15, 0.2) is 48.5 Å². The molecule has 2 N–H and O–H groups in total. The Balaban J connectivity index is 1.61. The topological polar surface area (TPSA) is 58.2 Å². The number of amides is 2. The van der Waals surface area contributed by atoms with E-state index in [0.717, 1.165) is 41.8 Å². The first-order valence-electron chi connectivity index (χ1n) is 9.27. The molecule has 4 heteroatoms. The maximum Gasteiger partial charge on any atom is 0.227 e. The third-order valence-corrected chi connectivity index (χ3v) is 5.22. The van der Waals surface area contributed by atoms with Crippen molar-refractivity contribution in [2.24, 2.45) is 11.8 Å². The Bertz CT molecular complexity index is 735. The van der Waals surface area contributed by atoms with Gasteiger partial charge >= 0.3 is 0 Å². The standard InChI is InChI=1S/C22H26N2O2/c1-15-8-3-5-12-19(15)23-21(25)17-10-7-11-18(14-17)22(26)24-20-13-6-4-9-16(20)2/h3-6,8-9,12-13,17-18H,7,10-11,14H2,1-2H3,(H,23,25)(H,24,26). The van der Waals surface area contributed by atoms with Crippen LogP contribution in [-0.2, 0) is 9.59 Å². The van der Waals surface area contributed by atoms with Crippen LogP contribution >= 0.6 is 0 Å². The third kappa shape index (κ3) is 4.31. The van der Waals surface area contributed by atoms with E-state index in [0.29, 0.717) is 6.42 Å². The molecule has 1 fully saturated rings. The van der Waals surface area contributed by atoms with Crippen LogP contribution in [0.3, 0.4) is 0 Å². The van der Waals surface area contributed by atoms with E-state index < -0.39 is 0 Å². The Morgan fingerprint density at radius 3 is 1.62 bits per heavy atom. The monoisotopic (exact) mass is 350 g/mol. The molecule has 2 atom stereocenters. The molecule has 3 rings (SSSR count). The van der Waals surface area contributed by atoms with Gasteiger partial charge in [-0.05, 0) is 56.4 Å². The Hall–Kier alpha value is -2.62. The van der Waals surface area contributed by atoms with Gasteiger partial charge in [-0.15, -0.1) is 0 Å². The number of nitrogens with one attached hydrogen (secondary N) is 2. The zero-order chi connectivity index (χ0) is 18.5. The molecule has 4 nitrogen and oxygen atoms in total. The van der Waals surface area contributed by atoms with Crippen molar-refractivity contribution in [3.8, 4) is 0 Å². The molecule has 2 aromatic rings. The SMILES string of the molecule is Cc1ccccc1NC(=O)C1CCCC(C(=O)Nc2ccccc2C)C1. The molecule has 2 amide bonds. The minimum absolute atomic E-state index is 0.0210. The van der Waals surface area contributed by atoms with Crippen LogP contribution in [0.4, 0.5) is 11.4 Å². The molecular weight excluding hydrogens is 324 g/mol. The van der Waals surface area contributed by atoms with E-state index in [2.05, 4.69) is 10.6 Å². The van der Waals surface area contributed by atoms with Crippen molar-refractivity contribution in [2.75, 3.05) is 10.6 Å².